The summed E-state index contributed by atoms with van der Waals surface area (Å²) < 4.78 is 1.79. The number of carbonyl (C=O) groups excluding carboxylic acids is 1. The average Bonchev–Trinajstić information content (AvgIpc) is 3.08. The van der Waals surface area contributed by atoms with Crippen molar-refractivity contribution in [2.75, 3.05) is 5.32 Å². The number of nitrogens with zero attached hydrogens (tertiary/aromatic N) is 4. The van der Waals surface area contributed by atoms with Gasteiger partial charge in [-0.3, -0.25) is 4.79 Å². The van der Waals surface area contributed by atoms with Gasteiger partial charge in [0.15, 0.2) is 5.82 Å². The molecule has 0 atom stereocenters. The Labute approximate surface area is 132 Å². The van der Waals surface area contributed by atoms with Crippen LogP contribution in [0.5, 0.6) is 0 Å². The van der Waals surface area contributed by atoms with Crippen LogP contribution in [0.3, 0.4) is 0 Å². The van der Waals surface area contributed by atoms with Crippen LogP contribution in [0, 0.1) is 0 Å². The lowest BCUT2D eigenvalue weighted by Crippen LogP contribution is -2.10. The van der Waals surface area contributed by atoms with E-state index in [0.717, 1.165) is 39.9 Å². The molecule has 0 aliphatic rings. The first-order chi connectivity index (χ1) is 10.7. The van der Waals surface area contributed by atoms with Gasteiger partial charge >= 0.3 is 0 Å². The molecule has 0 bridgehead atoms. The summed E-state index contributed by atoms with van der Waals surface area (Å²) >= 11 is 1.51. The molecule has 0 unspecified atom stereocenters. The molecule has 0 fully saturated rings. The number of nitrogens with one attached hydrogen (secondary N) is 1. The molecule has 7 heteroatoms. The van der Waals surface area contributed by atoms with E-state index in [9.17, 15) is 4.79 Å². The Balaban J connectivity index is 1.81. The maximum absolute atomic E-state index is 11.6. The predicted molar refractivity (Wildman–Crippen MR) is 87.0 cm³/mol. The van der Waals surface area contributed by atoms with Gasteiger partial charge in [0.2, 0.25) is 10.9 Å². The summed E-state index contributed by atoms with van der Waals surface area (Å²) in [6.45, 7) is 4.02. The van der Waals surface area contributed by atoms with E-state index in [-0.39, 0.29) is 5.91 Å². The fourth-order valence-corrected chi connectivity index (χ4v) is 3.00. The van der Waals surface area contributed by atoms with Gasteiger partial charge in [-0.25, -0.2) is 0 Å². The first-order valence-electron chi connectivity index (χ1n) is 7.32. The van der Waals surface area contributed by atoms with Gasteiger partial charge in [0.25, 0.3) is 0 Å². The Morgan fingerprint density at radius 3 is 2.68 bits per heavy atom. The minimum Gasteiger partial charge on any atom is -0.326 e. The van der Waals surface area contributed by atoms with Gasteiger partial charge in [-0.15, -0.1) is 10.2 Å². The molecule has 0 spiro atoms. The predicted octanol–water partition coefficient (Wildman–Crippen LogP) is 3.15. The molecular formula is C15H17N5OS. The summed E-state index contributed by atoms with van der Waals surface area (Å²) in [5.41, 5.74) is 1.81. The second-order valence-corrected chi connectivity index (χ2v) is 5.90. The van der Waals surface area contributed by atoms with Gasteiger partial charge in [-0.1, -0.05) is 25.2 Å². The van der Waals surface area contributed by atoms with Crippen molar-refractivity contribution in [2.45, 2.75) is 33.1 Å². The highest BCUT2D eigenvalue weighted by Crippen LogP contribution is 2.26. The maximum atomic E-state index is 11.6. The normalized spacial score (nSPS) is 11.0. The molecule has 3 rings (SSSR count). The minimum atomic E-state index is 0.0432. The van der Waals surface area contributed by atoms with Crippen LogP contribution in [-0.4, -0.2) is 25.7 Å². The highest BCUT2D eigenvalue weighted by Gasteiger charge is 2.11. The van der Waals surface area contributed by atoms with E-state index in [1.54, 1.807) is 4.52 Å². The van der Waals surface area contributed by atoms with Gasteiger partial charge in [0.1, 0.15) is 5.01 Å². The number of amides is 1. The Bertz CT molecular complexity index is 790. The van der Waals surface area contributed by atoms with Crippen molar-refractivity contribution in [3.63, 3.8) is 0 Å². The fraction of sp³-hybridized carbons (Fsp3) is 0.333. The second kappa shape index (κ2) is 6.23. The zero-order valence-electron chi connectivity index (χ0n) is 12.5. The van der Waals surface area contributed by atoms with E-state index < -0.39 is 0 Å². The van der Waals surface area contributed by atoms with Crippen LogP contribution >= 0.6 is 11.3 Å². The molecule has 0 aliphatic heterocycles. The van der Waals surface area contributed by atoms with Crippen LogP contribution in [0.15, 0.2) is 24.3 Å². The molecule has 3 aromatic rings. The Kier molecular flexibility index (Phi) is 4.15. The Hall–Kier alpha value is -2.28. The molecular weight excluding hydrogens is 298 g/mol. The zero-order valence-corrected chi connectivity index (χ0v) is 13.4. The molecule has 1 N–H and O–H groups in total. The van der Waals surface area contributed by atoms with Crippen molar-refractivity contribution in [3.05, 3.63) is 30.1 Å². The molecule has 0 aliphatic carbocycles. The van der Waals surface area contributed by atoms with E-state index in [1.165, 1.54) is 11.3 Å². The van der Waals surface area contributed by atoms with E-state index in [1.807, 2.05) is 38.1 Å². The number of anilines is 1. The zero-order chi connectivity index (χ0) is 15.5. The third kappa shape index (κ3) is 2.85. The molecule has 0 saturated carbocycles. The number of aromatic nitrogens is 4. The molecule has 0 radical (unpaired) electrons. The molecule has 22 heavy (non-hydrogen) atoms. The Morgan fingerprint density at radius 2 is 2.00 bits per heavy atom. The topological polar surface area (TPSA) is 72.2 Å². The summed E-state index contributed by atoms with van der Waals surface area (Å²) in [4.78, 5) is 12.4. The van der Waals surface area contributed by atoms with Crippen molar-refractivity contribution in [1.82, 2.24) is 19.8 Å². The molecule has 2 aromatic heterocycles. The maximum Gasteiger partial charge on any atom is 0.234 e. The van der Waals surface area contributed by atoms with Gasteiger partial charge in [-0.05, 0) is 30.7 Å². The van der Waals surface area contributed by atoms with Crippen molar-refractivity contribution in [2.24, 2.45) is 0 Å². The average molecular weight is 315 g/mol. The van der Waals surface area contributed by atoms with Gasteiger partial charge in [0, 0.05) is 24.1 Å². The Morgan fingerprint density at radius 1 is 1.23 bits per heavy atom. The molecule has 114 valence electrons. The van der Waals surface area contributed by atoms with Crippen LogP contribution in [-0.2, 0) is 11.2 Å². The van der Waals surface area contributed by atoms with Gasteiger partial charge < -0.3 is 5.32 Å². The van der Waals surface area contributed by atoms with Crippen molar-refractivity contribution < 1.29 is 4.79 Å². The summed E-state index contributed by atoms with van der Waals surface area (Å²) in [6, 6.07) is 7.70. The van der Waals surface area contributed by atoms with Gasteiger partial charge in [-0.2, -0.15) is 9.61 Å². The molecule has 1 aromatic carbocycles. The smallest absolute Gasteiger partial charge is 0.234 e. The minimum absolute atomic E-state index is 0.0432. The fourth-order valence-electron chi connectivity index (χ4n) is 2.14. The van der Waals surface area contributed by atoms with E-state index in [0.29, 0.717) is 6.42 Å². The quantitative estimate of drug-likeness (QED) is 0.785. The van der Waals surface area contributed by atoms with E-state index >= 15 is 0 Å². The van der Waals surface area contributed by atoms with Crippen molar-refractivity contribution >= 4 is 27.9 Å². The van der Waals surface area contributed by atoms with Crippen LogP contribution in [0.25, 0.3) is 15.5 Å². The largest absolute Gasteiger partial charge is 0.326 e. The standard InChI is InChI=1S/C15H17N5OS/c1-3-5-13(21)16-11-8-6-10(7-9-11)14-19-20-12(4-2)17-18-15(20)22-14/h6-9H,3-5H2,1-2H3,(H,16,21). The monoisotopic (exact) mass is 315 g/mol. The number of carbonyl (C=O) groups is 1. The second-order valence-electron chi connectivity index (χ2n) is 4.95. The number of benzene rings is 1. The van der Waals surface area contributed by atoms with Crippen LogP contribution in [0.2, 0.25) is 0 Å². The lowest BCUT2D eigenvalue weighted by atomic mass is 10.2. The molecule has 0 saturated heterocycles. The first-order valence-corrected chi connectivity index (χ1v) is 8.14. The third-order valence-corrected chi connectivity index (χ3v) is 4.21. The molecule has 1 amide bonds. The van der Waals surface area contributed by atoms with E-state index in [2.05, 4.69) is 20.6 Å². The van der Waals surface area contributed by atoms with Gasteiger partial charge in [0.05, 0.1) is 0 Å². The number of aryl methyl sites for hydroxylation is 1. The lowest BCUT2D eigenvalue weighted by Gasteiger charge is -2.04. The summed E-state index contributed by atoms with van der Waals surface area (Å²) in [7, 11) is 0. The highest BCUT2D eigenvalue weighted by atomic mass is 32.1. The molecule has 6 nitrogen and oxygen atoms in total. The third-order valence-electron chi connectivity index (χ3n) is 3.26. The van der Waals surface area contributed by atoms with Crippen LogP contribution < -0.4 is 5.32 Å². The number of hydrogen-bond acceptors (Lipinski definition) is 5. The summed E-state index contributed by atoms with van der Waals surface area (Å²) in [5.74, 6) is 0.905. The van der Waals surface area contributed by atoms with E-state index in [4.69, 9.17) is 0 Å². The number of hydrogen-bond donors (Lipinski definition) is 1. The SMILES string of the molecule is CCCC(=O)Nc1ccc(-c2nn3c(CC)nnc3s2)cc1. The molecule has 2 heterocycles. The van der Waals surface area contributed by atoms with Crippen LogP contribution in [0.4, 0.5) is 5.69 Å². The number of fused-ring (bicyclic) bond motifs is 1. The van der Waals surface area contributed by atoms with Crippen molar-refractivity contribution in [3.8, 4) is 10.6 Å². The first kappa shape index (κ1) is 14.6. The lowest BCUT2D eigenvalue weighted by molar-refractivity contribution is -0.116. The highest BCUT2D eigenvalue weighted by molar-refractivity contribution is 7.19. The van der Waals surface area contributed by atoms with Crippen molar-refractivity contribution in [1.29, 1.82) is 0 Å². The van der Waals surface area contributed by atoms with Crippen LogP contribution in [0.1, 0.15) is 32.5 Å². The summed E-state index contributed by atoms with van der Waals surface area (Å²) in [5, 5.41) is 16.5. The number of rotatable bonds is 5. The summed E-state index contributed by atoms with van der Waals surface area (Å²) in [6.07, 6.45) is 2.18.